The molecule has 2 N–H and O–H groups in total. The van der Waals surface area contributed by atoms with Gasteiger partial charge in [-0.2, -0.15) is 0 Å². The van der Waals surface area contributed by atoms with E-state index in [4.69, 9.17) is 14.7 Å². The van der Waals surface area contributed by atoms with Crippen molar-refractivity contribution in [2.24, 2.45) is 5.16 Å². The number of urea groups is 1. The number of benzene rings is 1. The van der Waals surface area contributed by atoms with Gasteiger partial charge < -0.3 is 29.8 Å². The highest BCUT2D eigenvalue weighted by molar-refractivity contribution is 5.89. The van der Waals surface area contributed by atoms with E-state index in [1.54, 1.807) is 11.0 Å². The second-order valence-corrected chi connectivity index (χ2v) is 9.47. The highest BCUT2D eigenvalue weighted by atomic mass is 19.1. The van der Waals surface area contributed by atoms with E-state index in [1.165, 1.54) is 18.0 Å². The van der Waals surface area contributed by atoms with Gasteiger partial charge in [0.1, 0.15) is 11.9 Å². The summed E-state index contributed by atoms with van der Waals surface area (Å²) in [7, 11) is 1.54. The van der Waals surface area contributed by atoms with Gasteiger partial charge in [-0.3, -0.25) is 0 Å². The molecular formula is C25H37FN4O5. The number of amides is 3. The molecule has 0 atom stereocenters. The van der Waals surface area contributed by atoms with Crippen LogP contribution in [0.2, 0.25) is 0 Å². The summed E-state index contributed by atoms with van der Waals surface area (Å²) in [6.45, 7) is 4.90. The van der Waals surface area contributed by atoms with Gasteiger partial charge in [-0.15, -0.1) is 0 Å². The number of hydrogen-bond acceptors (Lipinski definition) is 6. The molecule has 1 heterocycles. The van der Waals surface area contributed by atoms with Gasteiger partial charge >= 0.3 is 12.1 Å². The summed E-state index contributed by atoms with van der Waals surface area (Å²) in [5, 5.41) is 15.8. The Hall–Kier alpha value is -2.88. The summed E-state index contributed by atoms with van der Waals surface area (Å²) in [4.78, 5) is 32.8. The van der Waals surface area contributed by atoms with E-state index in [-0.39, 0.29) is 43.1 Å². The number of nitrogens with one attached hydrogen (secondary N) is 1. The third-order valence-corrected chi connectivity index (χ3v) is 6.42. The van der Waals surface area contributed by atoms with E-state index in [0.717, 1.165) is 49.8 Å². The smallest absolute Gasteiger partial charge is 0.410 e. The first-order chi connectivity index (χ1) is 16.8. The molecule has 0 spiro atoms. The molecule has 0 radical (unpaired) electrons. The zero-order valence-electron chi connectivity index (χ0n) is 20.8. The van der Waals surface area contributed by atoms with Crippen LogP contribution in [0.3, 0.4) is 0 Å². The van der Waals surface area contributed by atoms with E-state index in [2.05, 4.69) is 10.5 Å². The number of anilines is 1. The average Bonchev–Trinajstić information content (AvgIpc) is 2.84. The van der Waals surface area contributed by atoms with Gasteiger partial charge in [0.2, 0.25) is 0 Å². The SMILES string of the molecule is CC(C)OC(=O)N1CCC(ON=C2CCC(c3ccc(NC(=O)N(C)CCO)c(F)c3)CC2)CC1. The maximum absolute atomic E-state index is 14.6. The molecule has 1 aliphatic carbocycles. The summed E-state index contributed by atoms with van der Waals surface area (Å²) in [6.07, 6.45) is 4.33. The molecule has 1 aliphatic heterocycles. The predicted octanol–water partition coefficient (Wildman–Crippen LogP) is 4.32. The monoisotopic (exact) mass is 492 g/mol. The van der Waals surface area contributed by atoms with Crippen molar-refractivity contribution >= 4 is 23.5 Å². The second kappa shape index (κ2) is 12.7. The number of aliphatic hydroxyl groups excluding tert-OH is 1. The molecule has 35 heavy (non-hydrogen) atoms. The molecule has 0 unspecified atom stereocenters. The average molecular weight is 493 g/mol. The van der Waals surface area contributed by atoms with Crippen LogP contribution < -0.4 is 5.32 Å². The van der Waals surface area contributed by atoms with Gasteiger partial charge in [-0.05, 0) is 63.1 Å². The standard InChI is InChI=1S/C25H37FN4O5/c1-17(2)34-25(33)30-12-10-21(11-13-30)35-28-20-7-4-18(5-8-20)19-6-9-23(22(26)16-19)27-24(32)29(3)14-15-31/h6,9,16-18,21,31H,4-5,7-8,10-15H2,1-3H3,(H,27,32). The van der Waals surface area contributed by atoms with E-state index in [1.807, 2.05) is 19.9 Å². The molecule has 1 aromatic rings. The van der Waals surface area contributed by atoms with Crippen molar-refractivity contribution < 1.29 is 28.7 Å². The van der Waals surface area contributed by atoms with Gasteiger partial charge in [0, 0.05) is 39.5 Å². The van der Waals surface area contributed by atoms with Crippen molar-refractivity contribution in [3.8, 4) is 0 Å². The lowest BCUT2D eigenvalue weighted by Crippen LogP contribution is -2.41. The molecule has 1 aromatic carbocycles. The number of hydrogen-bond donors (Lipinski definition) is 2. The summed E-state index contributed by atoms with van der Waals surface area (Å²) in [5.74, 6) is -0.250. The Morgan fingerprint density at radius 2 is 1.91 bits per heavy atom. The first-order valence-electron chi connectivity index (χ1n) is 12.4. The fourth-order valence-corrected chi connectivity index (χ4v) is 4.29. The van der Waals surface area contributed by atoms with Crippen LogP contribution in [0.4, 0.5) is 19.7 Å². The van der Waals surface area contributed by atoms with Crippen molar-refractivity contribution in [3.63, 3.8) is 0 Å². The fourth-order valence-electron chi connectivity index (χ4n) is 4.29. The minimum atomic E-state index is -0.473. The van der Waals surface area contributed by atoms with E-state index in [0.29, 0.717) is 13.1 Å². The molecule has 10 heteroatoms. The van der Waals surface area contributed by atoms with E-state index < -0.39 is 11.8 Å². The minimum Gasteiger partial charge on any atom is -0.447 e. The number of oxime groups is 1. The maximum atomic E-state index is 14.6. The first kappa shape index (κ1) is 26.7. The molecule has 2 aliphatic rings. The number of likely N-dealkylation sites (N-methyl/N-ethyl adjacent to an activating group) is 1. The Morgan fingerprint density at radius 3 is 2.51 bits per heavy atom. The number of ether oxygens (including phenoxy) is 1. The van der Waals surface area contributed by atoms with Crippen LogP contribution in [-0.2, 0) is 9.57 Å². The molecule has 3 amide bonds. The zero-order valence-corrected chi connectivity index (χ0v) is 20.8. The van der Waals surface area contributed by atoms with Crippen LogP contribution in [0.1, 0.15) is 63.9 Å². The quantitative estimate of drug-likeness (QED) is 0.552. The van der Waals surface area contributed by atoms with Crippen molar-refractivity contribution in [2.45, 2.75) is 70.5 Å². The van der Waals surface area contributed by atoms with Gasteiger partial charge in [0.25, 0.3) is 0 Å². The summed E-state index contributed by atoms with van der Waals surface area (Å²) < 4.78 is 19.8. The van der Waals surface area contributed by atoms with Crippen molar-refractivity contribution in [1.29, 1.82) is 0 Å². The highest BCUT2D eigenvalue weighted by Gasteiger charge is 2.26. The second-order valence-electron chi connectivity index (χ2n) is 9.47. The molecule has 0 aromatic heterocycles. The lowest BCUT2D eigenvalue weighted by molar-refractivity contribution is 0.00403. The summed E-state index contributed by atoms with van der Waals surface area (Å²) in [6, 6.07) is 4.46. The third-order valence-electron chi connectivity index (χ3n) is 6.42. The molecule has 1 saturated heterocycles. The Bertz CT molecular complexity index is 892. The number of carbonyl (C=O) groups excluding carboxylic acids is 2. The molecule has 9 nitrogen and oxygen atoms in total. The number of halogens is 1. The fraction of sp³-hybridized carbons (Fsp3) is 0.640. The highest BCUT2D eigenvalue weighted by Crippen LogP contribution is 2.33. The lowest BCUT2D eigenvalue weighted by atomic mass is 9.83. The number of nitrogens with zero attached hydrogens (tertiary/aromatic N) is 3. The molecule has 1 saturated carbocycles. The normalized spacial score (nSPS) is 18.9. The topological polar surface area (TPSA) is 104 Å². The van der Waals surface area contributed by atoms with Crippen LogP contribution in [0.15, 0.2) is 23.4 Å². The maximum Gasteiger partial charge on any atom is 0.410 e. The van der Waals surface area contributed by atoms with Crippen molar-refractivity contribution in [1.82, 2.24) is 9.80 Å². The lowest BCUT2D eigenvalue weighted by Gasteiger charge is -2.31. The number of rotatable bonds is 7. The van der Waals surface area contributed by atoms with Crippen LogP contribution >= 0.6 is 0 Å². The summed E-state index contributed by atoms with van der Waals surface area (Å²) >= 11 is 0. The number of carbonyl (C=O) groups is 2. The van der Waals surface area contributed by atoms with Crippen molar-refractivity contribution in [3.05, 3.63) is 29.6 Å². The van der Waals surface area contributed by atoms with E-state index >= 15 is 0 Å². The molecule has 2 fully saturated rings. The zero-order chi connectivity index (χ0) is 25.4. The molecule has 194 valence electrons. The molecule has 0 bridgehead atoms. The molecule has 3 rings (SSSR count). The third kappa shape index (κ3) is 7.81. The Labute approximate surface area is 206 Å². The van der Waals surface area contributed by atoms with Crippen LogP contribution in [0, 0.1) is 5.82 Å². The molecular weight excluding hydrogens is 455 g/mol. The van der Waals surface area contributed by atoms with Crippen molar-refractivity contribution in [2.75, 3.05) is 38.6 Å². The number of aliphatic hydroxyl groups is 1. The van der Waals surface area contributed by atoms with Crippen LogP contribution in [0.5, 0.6) is 0 Å². The largest absolute Gasteiger partial charge is 0.447 e. The minimum absolute atomic E-state index is 0.00315. The Kier molecular flexibility index (Phi) is 9.71. The van der Waals surface area contributed by atoms with Gasteiger partial charge in [-0.1, -0.05) is 11.2 Å². The van der Waals surface area contributed by atoms with Gasteiger partial charge in [-0.25, -0.2) is 14.0 Å². The summed E-state index contributed by atoms with van der Waals surface area (Å²) in [5.41, 5.74) is 2.04. The Balaban J connectivity index is 1.44. The predicted molar refractivity (Wildman–Crippen MR) is 131 cm³/mol. The van der Waals surface area contributed by atoms with Crippen LogP contribution in [0.25, 0.3) is 0 Å². The van der Waals surface area contributed by atoms with Gasteiger partial charge in [0.05, 0.1) is 24.1 Å². The number of piperidine rings is 1. The van der Waals surface area contributed by atoms with Crippen LogP contribution in [-0.4, -0.2) is 78.2 Å². The Morgan fingerprint density at radius 1 is 1.23 bits per heavy atom. The van der Waals surface area contributed by atoms with Gasteiger partial charge in [0.15, 0.2) is 0 Å². The van der Waals surface area contributed by atoms with E-state index in [9.17, 15) is 14.0 Å². The first-order valence-corrected chi connectivity index (χ1v) is 12.4. The number of likely N-dealkylation sites (tertiary alicyclic amines) is 1.